The van der Waals surface area contributed by atoms with Crippen LogP contribution in [0.25, 0.3) is 0 Å². The van der Waals surface area contributed by atoms with Crippen molar-refractivity contribution in [1.82, 2.24) is 15.5 Å². The Labute approximate surface area is 489 Å². The van der Waals surface area contributed by atoms with E-state index in [0.29, 0.717) is 42.7 Å². The average molecular weight is 1180 g/mol. The number of allylic oxidation sites excluding steroid dienone is 3. The van der Waals surface area contributed by atoms with Crippen molar-refractivity contribution < 1.29 is 76.7 Å². The van der Waals surface area contributed by atoms with Gasteiger partial charge in [0.25, 0.3) is 11.8 Å². The van der Waals surface area contributed by atoms with Crippen LogP contribution in [0, 0.1) is 17.8 Å². The predicted molar refractivity (Wildman–Crippen MR) is 307 cm³/mol. The number of epoxide rings is 1. The van der Waals surface area contributed by atoms with Gasteiger partial charge in [-0.3, -0.25) is 43.8 Å². The molecule has 0 aliphatic carbocycles. The van der Waals surface area contributed by atoms with Crippen LogP contribution in [0.5, 0.6) is 11.5 Å². The second-order valence-electron chi connectivity index (χ2n) is 22.4. The van der Waals surface area contributed by atoms with Gasteiger partial charge in [0.2, 0.25) is 11.8 Å². The highest BCUT2D eigenvalue weighted by Crippen LogP contribution is 2.50. The summed E-state index contributed by atoms with van der Waals surface area (Å²) in [5.74, 6) is -4.07. The van der Waals surface area contributed by atoms with Crippen molar-refractivity contribution in [2.75, 3.05) is 51.7 Å². The summed E-state index contributed by atoms with van der Waals surface area (Å²) in [6.45, 7) is 9.37. The molecule has 2 fully saturated rings. The van der Waals surface area contributed by atoms with Gasteiger partial charge in [-0.05, 0) is 87.3 Å². The quantitative estimate of drug-likeness (QED) is 0.0348. The van der Waals surface area contributed by atoms with Crippen LogP contribution in [0.4, 0.5) is 21.0 Å². The number of carbonyl (C=O) groups excluding carboxylic acids is 9. The molecule has 2 aromatic rings. The number of anilines is 2. The maximum absolute atomic E-state index is 14.5. The molecule has 6 N–H and O–H groups in total. The van der Waals surface area contributed by atoms with Crippen LogP contribution < -0.4 is 36.1 Å². The summed E-state index contributed by atoms with van der Waals surface area (Å²) in [4.78, 5) is 121. The molecule has 0 aromatic heterocycles. The molecule has 4 aliphatic heterocycles. The minimum atomic E-state index is -1.66. The van der Waals surface area contributed by atoms with Crippen molar-refractivity contribution in [3.63, 3.8) is 0 Å². The molecule has 83 heavy (non-hydrogen) atoms. The zero-order chi connectivity index (χ0) is 60.9. The number of Topliss-reactive ketones (excluding diaryl/α,β-unsaturated/α-hetero) is 2. The molecule has 0 spiro atoms. The molecule has 22 nitrogen and oxygen atoms in total. The Kier molecular flexibility index (Phi) is 22.6. The highest BCUT2D eigenvalue weighted by molar-refractivity contribution is 6.35. The molecule has 0 radical (unpaired) electrons. The molecule has 0 unspecified atom stereocenters. The van der Waals surface area contributed by atoms with Gasteiger partial charge in [0.15, 0.2) is 5.78 Å². The Morgan fingerprint density at radius 1 is 0.964 bits per heavy atom. The lowest BCUT2D eigenvalue weighted by molar-refractivity contribution is -0.187. The van der Waals surface area contributed by atoms with Crippen molar-refractivity contribution in [3.8, 4) is 11.5 Å². The number of ketones is 2. The molecule has 4 heterocycles. The number of halogens is 1. The SMILES string of the molecule is COc1cc(CC(=O)[C@H](CCCNC(N)=O)NC(=O)[C@@H](CC(=O)CCCCCN2C(=O)C=CC2=O)C(C)C)ccc1NC(=O)O[C@H]1CC(=O)N(C)c2cc(cc(OC)c2Cl)C/C(C)=C/C=C/[C@@H](OC)[C@]2(O)CC(=O)O[C@@H](C2)[C@@H](C)[C@@H]2O[C@@]12C. The lowest BCUT2D eigenvalue weighted by Gasteiger charge is -2.41. The number of hydrogen-bond acceptors (Lipinski definition) is 16. The number of imide groups is 1. The molecular weight excluding hydrogens is 1100 g/mol. The number of rotatable bonds is 23. The Morgan fingerprint density at radius 3 is 2.34 bits per heavy atom. The predicted octanol–water partition coefficient (Wildman–Crippen LogP) is 6.39. The molecule has 4 bridgehead atoms. The van der Waals surface area contributed by atoms with E-state index in [1.807, 2.05) is 26.8 Å². The van der Waals surface area contributed by atoms with Gasteiger partial charge < -0.3 is 54.8 Å². The van der Waals surface area contributed by atoms with Gasteiger partial charge >= 0.3 is 18.1 Å². The molecule has 9 atom stereocenters. The van der Waals surface area contributed by atoms with Crippen LogP contribution in [-0.2, 0) is 65.4 Å². The minimum Gasteiger partial charge on any atom is -0.495 e. The largest absolute Gasteiger partial charge is 0.495 e. The van der Waals surface area contributed by atoms with Gasteiger partial charge in [0.05, 0.1) is 50.6 Å². The van der Waals surface area contributed by atoms with E-state index < -0.39 is 95.6 Å². The number of esters is 1. The molecule has 2 aromatic carbocycles. The third kappa shape index (κ3) is 17.0. The van der Waals surface area contributed by atoms with E-state index in [1.165, 1.54) is 50.5 Å². The normalized spacial score (nSPS) is 25.3. The Bertz CT molecular complexity index is 2860. The van der Waals surface area contributed by atoms with Crippen molar-refractivity contribution in [1.29, 1.82) is 0 Å². The van der Waals surface area contributed by atoms with E-state index in [4.69, 9.17) is 45.8 Å². The van der Waals surface area contributed by atoms with Gasteiger partial charge in [0, 0.05) is 76.9 Å². The number of unbranched alkanes of at least 4 members (excludes halogenated alkanes) is 2. The second kappa shape index (κ2) is 28.9. The van der Waals surface area contributed by atoms with Gasteiger partial charge in [-0.15, -0.1) is 0 Å². The smallest absolute Gasteiger partial charge is 0.412 e. The maximum Gasteiger partial charge on any atom is 0.412 e. The first kappa shape index (κ1) is 65.0. The van der Waals surface area contributed by atoms with Crippen molar-refractivity contribution in [3.05, 3.63) is 82.4 Å². The Hall–Kier alpha value is -7.14. The summed E-state index contributed by atoms with van der Waals surface area (Å²) >= 11 is 6.85. The number of nitrogens with one attached hydrogen (secondary N) is 3. The number of fused-ring (bicyclic) bond motifs is 5. The van der Waals surface area contributed by atoms with Crippen LogP contribution in [0.1, 0.15) is 110 Å². The van der Waals surface area contributed by atoms with Gasteiger partial charge in [-0.25, -0.2) is 9.59 Å². The zero-order valence-corrected chi connectivity index (χ0v) is 49.5. The number of ether oxygens (including phenoxy) is 6. The molecule has 2 saturated heterocycles. The number of hydrogen-bond donors (Lipinski definition) is 5. The number of carbonyl (C=O) groups is 9. The van der Waals surface area contributed by atoms with E-state index in [2.05, 4.69) is 16.0 Å². The third-order valence-electron chi connectivity index (χ3n) is 15.8. The highest BCUT2D eigenvalue weighted by Gasteiger charge is 2.64. The Morgan fingerprint density at radius 2 is 1.67 bits per heavy atom. The van der Waals surface area contributed by atoms with E-state index >= 15 is 0 Å². The monoisotopic (exact) mass is 1170 g/mol. The minimum absolute atomic E-state index is 0.0103. The number of primary amides is 1. The Balaban J connectivity index is 1.18. The number of methoxy groups -OCH3 is 3. The van der Waals surface area contributed by atoms with Crippen LogP contribution in [0.15, 0.2) is 66.3 Å². The molecule has 23 heteroatoms. The number of urea groups is 1. The number of nitrogens with two attached hydrogens (primary N) is 1. The highest BCUT2D eigenvalue weighted by atomic mass is 35.5. The molecular formula is C60H79ClN6O16. The molecule has 0 saturated carbocycles. The van der Waals surface area contributed by atoms with Crippen LogP contribution >= 0.6 is 11.6 Å². The number of benzene rings is 2. The number of amides is 7. The van der Waals surface area contributed by atoms with E-state index in [9.17, 15) is 48.3 Å². The van der Waals surface area contributed by atoms with Crippen LogP contribution in [0.2, 0.25) is 5.02 Å². The first-order valence-corrected chi connectivity index (χ1v) is 28.3. The van der Waals surface area contributed by atoms with Gasteiger partial charge in [-0.1, -0.05) is 68.7 Å². The van der Waals surface area contributed by atoms with Gasteiger partial charge in [0.1, 0.15) is 51.8 Å². The summed E-state index contributed by atoms with van der Waals surface area (Å²) in [6, 6.07) is 6.36. The summed E-state index contributed by atoms with van der Waals surface area (Å²) in [5, 5.41) is 20.2. The standard InChI is InChI=1S/C60H79ClN6O16/c1-34(2)40(30-39(68)16-11-10-12-24-67-50(70)21-22-51(67)71)56(74)64-41(17-14-23-63-57(62)75)44(69)27-37-19-20-42(45(28-37)78-7)65-58(76)82-49-31-52(72)66(6)43-26-38(29-46(79-8)54(43)61)25-35(3)15-13-18-48(80-9)60(77)32-47(81-53(73)33-60)36(4)55-59(49,5)83-55/h13,15,18-22,26,28-29,34,36,40-41,47-49,55,77H,10-12,14,16-17,23-25,27,30-33H2,1-9H3,(H,64,74)(H,65,76)(H3,62,63,75)/b18-13+,35-15+/t36-,40+,41+,47+,48-,49+,55+,59+,60-/m1/s1. The van der Waals surface area contributed by atoms with Crippen LogP contribution in [0.3, 0.4) is 0 Å². The average Bonchev–Trinajstić information content (AvgIpc) is 2.00. The van der Waals surface area contributed by atoms with Crippen molar-refractivity contribution >= 4 is 76.3 Å². The molecule has 452 valence electrons. The molecule has 4 aliphatic rings. The van der Waals surface area contributed by atoms with Gasteiger partial charge in [-0.2, -0.15) is 0 Å². The lowest BCUT2D eigenvalue weighted by Crippen LogP contribution is -2.53. The van der Waals surface area contributed by atoms with Crippen LogP contribution in [-0.4, -0.2) is 146 Å². The van der Waals surface area contributed by atoms with Crippen molar-refractivity contribution in [2.24, 2.45) is 23.5 Å². The fraction of sp³-hybridized carbons (Fsp3) is 0.550. The summed E-state index contributed by atoms with van der Waals surface area (Å²) < 4.78 is 35.4. The summed E-state index contributed by atoms with van der Waals surface area (Å²) in [6.07, 6.45) is 4.55. The first-order chi connectivity index (χ1) is 39.3. The lowest BCUT2D eigenvalue weighted by atomic mass is 9.78. The molecule has 7 amide bonds. The van der Waals surface area contributed by atoms with E-state index in [-0.39, 0.29) is 98.0 Å². The topological polar surface area (TPSA) is 301 Å². The van der Waals surface area contributed by atoms with Crippen molar-refractivity contribution in [2.45, 2.75) is 153 Å². The maximum atomic E-state index is 14.5. The van der Waals surface area contributed by atoms with E-state index in [0.717, 1.165) is 16.0 Å². The first-order valence-electron chi connectivity index (χ1n) is 28.0. The number of aliphatic hydroxyl groups is 1. The second-order valence-corrected chi connectivity index (χ2v) is 22.7. The van der Waals surface area contributed by atoms with E-state index in [1.54, 1.807) is 51.2 Å². The summed E-state index contributed by atoms with van der Waals surface area (Å²) in [5.41, 5.74) is 4.87. The third-order valence-corrected chi connectivity index (χ3v) is 16.2. The molecule has 6 rings (SSSR count). The zero-order valence-electron chi connectivity index (χ0n) is 48.7. The number of nitrogens with zero attached hydrogens (tertiary/aromatic N) is 2. The fourth-order valence-corrected chi connectivity index (χ4v) is 11.2. The fourth-order valence-electron chi connectivity index (χ4n) is 10.9. The summed E-state index contributed by atoms with van der Waals surface area (Å²) in [7, 11) is 5.81.